The van der Waals surface area contributed by atoms with Crippen LogP contribution >= 0.6 is 11.3 Å². The number of pyridine rings is 1. The van der Waals surface area contributed by atoms with Gasteiger partial charge in [-0.1, -0.05) is 6.07 Å². The quantitative estimate of drug-likeness (QED) is 0.700. The van der Waals surface area contributed by atoms with Gasteiger partial charge in [-0.25, -0.2) is 9.97 Å². The van der Waals surface area contributed by atoms with E-state index >= 15 is 0 Å². The van der Waals surface area contributed by atoms with Gasteiger partial charge in [0.25, 0.3) is 5.56 Å². The fraction of sp³-hybridized carbons (Fsp3) is 0.364. The van der Waals surface area contributed by atoms with Crippen LogP contribution in [0.2, 0.25) is 0 Å². The van der Waals surface area contributed by atoms with Gasteiger partial charge < -0.3 is 10.2 Å². The summed E-state index contributed by atoms with van der Waals surface area (Å²) in [7, 11) is 0. The van der Waals surface area contributed by atoms with E-state index in [2.05, 4.69) is 20.2 Å². The first-order chi connectivity index (χ1) is 14.6. The van der Waals surface area contributed by atoms with Gasteiger partial charge >= 0.3 is 0 Å². The molecule has 7 nitrogen and oxygen atoms in total. The molecule has 0 aliphatic carbocycles. The van der Waals surface area contributed by atoms with Crippen molar-refractivity contribution in [2.24, 2.45) is 5.92 Å². The van der Waals surface area contributed by atoms with Gasteiger partial charge in [0, 0.05) is 55.0 Å². The van der Waals surface area contributed by atoms with Gasteiger partial charge in [0.15, 0.2) is 0 Å². The van der Waals surface area contributed by atoms with Gasteiger partial charge in [0.2, 0.25) is 5.91 Å². The number of piperidine rings is 1. The largest absolute Gasteiger partial charge is 0.355 e. The van der Waals surface area contributed by atoms with Crippen LogP contribution in [0.5, 0.6) is 0 Å². The van der Waals surface area contributed by atoms with Crippen LogP contribution in [0.15, 0.2) is 52.2 Å². The van der Waals surface area contributed by atoms with Crippen LogP contribution in [0, 0.1) is 12.8 Å². The zero-order valence-corrected chi connectivity index (χ0v) is 17.5. The highest BCUT2D eigenvalue weighted by molar-refractivity contribution is 7.07. The fourth-order valence-corrected chi connectivity index (χ4v) is 5.43. The Labute approximate surface area is 178 Å². The number of nitrogens with zero attached hydrogens (tertiary/aromatic N) is 4. The number of aromatic nitrogens is 3. The Morgan fingerprint density at radius 1 is 1.27 bits per heavy atom. The molecule has 5 heterocycles. The van der Waals surface area contributed by atoms with Gasteiger partial charge in [0.1, 0.15) is 18.2 Å². The van der Waals surface area contributed by atoms with Crippen LogP contribution in [-0.4, -0.2) is 33.5 Å². The molecule has 154 valence electrons. The second kappa shape index (κ2) is 7.68. The highest BCUT2D eigenvalue weighted by Gasteiger charge is 2.44. The summed E-state index contributed by atoms with van der Waals surface area (Å²) in [5, 5.41) is 7.07. The Kier molecular flexibility index (Phi) is 4.86. The number of hydrogen-bond donors (Lipinski definition) is 1. The van der Waals surface area contributed by atoms with E-state index in [1.54, 1.807) is 34.4 Å². The van der Waals surface area contributed by atoms with E-state index in [1.807, 2.05) is 35.9 Å². The molecule has 0 saturated carbocycles. The molecule has 2 bridgehead atoms. The van der Waals surface area contributed by atoms with E-state index in [0.717, 1.165) is 35.7 Å². The molecular formula is C22H23N5O2S. The first-order valence-corrected chi connectivity index (χ1v) is 11.1. The third-order valence-electron chi connectivity index (χ3n) is 6.08. The lowest BCUT2D eigenvalue weighted by atomic mass is 9.78. The van der Waals surface area contributed by atoms with Gasteiger partial charge in [-0.3, -0.25) is 14.2 Å². The zero-order valence-electron chi connectivity index (χ0n) is 16.7. The molecule has 30 heavy (non-hydrogen) atoms. The number of fused-ring (bicyclic) bond motifs is 4. The Bertz CT molecular complexity index is 1130. The van der Waals surface area contributed by atoms with Crippen LogP contribution in [0.4, 0.5) is 5.82 Å². The van der Waals surface area contributed by atoms with E-state index < -0.39 is 6.04 Å². The van der Waals surface area contributed by atoms with E-state index in [4.69, 9.17) is 0 Å². The Morgan fingerprint density at radius 2 is 2.17 bits per heavy atom. The lowest BCUT2D eigenvalue weighted by Crippen LogP contribution is -2.53. The topological polar surface area (TPSA) is 80.1 Å². The molecule has 3 aromatic heterocycles. The summed E-state index contributed by atoms with van der Waals surface area (Å²) in [6.07, 6.45) is 2.47. The summed E-state index contributed by atoms with van der Waals surface area (Å²) >= 11 is 1.61. The molecule has 1 saturated heterocycles. The molecule has 0 spiro atoms. The van der Waals surface area contributed by atoms with Crippen molar-refractivity contribution in [2.45, 2.75) is 31.8 Å². The van der Waals surface area contributed by atoms with Gasteiger partial charge in [-0.05, 0) is 41.8 Å². The molecule has 1 N–H and O–H groups in total. The van der Waals surface area contributed by atoms with Crippen molar-refractivity contribution in [3.63, 3.8) is 0 Å². The van der Waals surface area contributed by atoms with E-state index in [0.29, 0.717) is 13.1 Å². The summed E-state index contributed by atoms with van der Waals surface area (Å²) in [6, 6.07) is 8.79. The molecule has 5 rings (SSSR count). The number of carbonyl (C=O) groups is 1. The molecule has 3 atom stereocenters. The maximum atomic E-state index is 13.3. The second-order valence-corrected chi connectivity index (χ2v) is 8.85. The Hall–Kier alpha value is -3.00. The molecule has 2 aliphatic rings. The molecule has 2 aliphatic heterocycles. The van der Waals surface area contributed by atoms with Gasteiger partial charge in [0.05, 0.1) is 0 Å². The number of amides is 1. The average molecular weight is 422 g/mol. The van der Waals surface area contributed by atoms with Crippen molar-refractivity contribution < 1.29 is 4.79 Å². The number of aryl methyl sites for hydroxylation is 1. The van der Waals surface area contributed by atoms with Crippen molar-refractivity contribution in [1.82, 2.24) is 19.9 Å². The predicted octanol–water partition coefficient (Wildman–Crippen LogP) is 2.49. The van der Waals surface area contributed by atoms with Crippen molar-refractivity contribution in [2.75, 3.05) is 18.0 Å². The lowest BCUT2D eigenvalue weighted by Gasteiger charge is -2.46. The molecule has 3 aromatic rings. The average Bonchev–Trinajstić information content (AvgIpc) is 3.26. The highest BCUT2D eigenvalue weighted by atomic mass is 32.1. The maximum absolute atomic E-state index is 13.3. The first-order valence-electron chi connectivity index (χ1n) is 10.1. The summed E-state index contributed by atoms with van der Waals surface area (Å²) in [4.78, 5) is 37.0. The third-order valence-corrected chi connectivity index (χ3v) is 6.81. The van der Waals surface area contributed by atoms with Crippen LogP contribution in [0.1, 0.15) is 35.3 Å². The lowest BCUT2D eigenvalue weighted by molar-refractivity contribution is -0.127. The SMILES string of the molecule is Cc1cc(N2C[C@@H]3C[C@H](C2)[C@H](C(=O)NCc2ccsc2)n2c3cccc2=O)ncn1. The smallest absolute Gasteiger partial charge is 0.251 e. The minimum Gasteiger partial charge on any atom is -0.355 e. The molecule has 1 fully saturated rings. The number of hydrogen-bond acceptors (Lipinski definition) is 6. The Balaban J connectivity index is 1.49. The molecule has 0 radical (unpaired) electrons. The molecule has 8 heteroatoms. The molecule has 0 unspecified atom stereocenters. The summed E-state index contributed by atoms with van der Waals surface area (Å²) in [5.41, 5.74) is 2.82. The summed E-state index contributed by atoms with van der Waals surface area (Å²) < 4.78 is 1.73. The number of anilines is 1. The van der Waals surface area contributed by atoms with E-state index in [-0.39, 0.29) is 23.3 Å². The highest BCUT2D eigenvalue weighted by Crippen LogP contribution is 2.42. The number of rotatable bonds is 4. The number of nitrogens with one attached hydrogen (secondary N) is 1. The van der Waals surface area contributed by atoms with Crippen LogP contribution in [0.25, 0.3) is 0 Å². The minimum absolute atomic E-state index is 0.0362. The summed E-state index contributed by atoms with van der Waals surface area (Å²) in [6.45, 7) is 3.89. The number of thiophene rings is 1. The number of carbonyl (C=O) groups excluding carboxylic acids is 1. The van der Waals surface area contributed by atoms with Crippen LogP contribution < -0.4 is 15.8 Å². The monoisotopic (exact) mass is 421 g/mol. The van der Waals surface area contributed by atoms with Crippen molar-refractivity contribution in [3.8, 4) is 0 Å². The third kappa shape index (κ3) is 3.41. The fourth-order valence-electron chi connectivity index (χ4n) is 4.76. The van der Waals surface area contributed by atoms with Crippen LogP contribution in [0.3, 0.4) is 0 Å². The van der Waals surface area contributed by atoms with Gasteiger partial charge in [-0.2, -0.15) is 11.3 Å². The van der Waals surface area contributed by atoms with E-state index in [9.17, 15) is 9.59 Å². The van der Waals surface area contributed by atoms with E-state index in [1.165, 1.54) is 0 Å². The zero-order chi connectivity index (χ0) is 20.7. The minimum atomic E-state index is -0.519. The normalized spacial score (nSPS) is 22.4. The molecular weight excluding hydrogens is 398 g/mol. The standard InChI is InChI=1S/C22H23N5O2S/c1-14-7-19(25-13-24-14)26-10-16-8-17(11-26)21(27-18(16)3-2-4-20(27)28)22(29)23-9-15-5-6-30-12-15/h2-7,12-13,16-17,21H,8-11H2,1H3,(H,23,29)/t16-,17+,21+/m0/s1. The maximum Gasteiger partial charge on any atom is 0.251 e. The first kappa shape index (κ1) is 19.0. The predicted molar refractivity (Wildman–Crippen MR) is 116 cm³/mol. The van der Waals surface area contributed by atoms with Gasteiger partial charge in [-0.15, -0.1) is 0 Å². The van der Waals surface area contributed by atoms with Crippen LogP contribution in [-0.2, 0) is 11.3 Å². The van der Waals surface area contributed by atoms with Crippen molar-refractivity contribution in [3.05, 3.63) is 74.7 Å². The van der Waals surface area contributed by atoms with Crippen molar-refractivity contribution in [1.29, 1.82) is 0 Å². The molecule has 0 aromatic carbocycles. The Morgan fingerprint density at radius 3 is 2.97 bits per heavy atom. The summed E-state index contributed by atoms with van der Waals surface area (Å²) in [5.74, 6) is 1.00. The molecule has 1 amide bonds. The van der Waals surface area contributed by atoms with Crippen molar-refractivity contribution >= 4 is 23.1 Å². The second-order valence-electron chi connectivity index (χ2n) is 8.07.